The standard InChI is InChI=1S/C13H10FNO3/c1-8-4-5-9(14)11(7-8)18-10-3-2-6-15-12(10)13(16)17/h2-7H,1H3,(H,16,17). The monoisotopic (exact) mass is 247 g/mol. The number of carboxylic acids is 1. The molecule has 0 spiro atoms. The summed E-state index contributed by atoms with van der Waals surface area (Å²) in [5.74, 6) is -1.79. The van der Waals surface area contributed by atoms with E-state index in [0.717, 1.165) is 5.56 Å². The van der Waals surface area contributed by atoms with Crippen molar-refractivity contribution in [2.24, 2.45) is 0 Å². The molecule has 0 saturated carbocycles. The predicted octanol–water partition coefficient (Wildman–Crippen LogP) is 3.02. The smallest absolute Gasteiger partial charge is 0.358 e. The van der Waals surface area contributed by atoms with Gasteiger partial charge in [-0.1, -0.05) is 6.07 Å². The lowest BCUT2D eigenvalue weighted by molar-refractivity contribution is 0.0687. The maximum atomic E-state index is 13.5. The molecule has 0 saturated heterocycles. The number of aromatic carboxylic acids is 1. The van der Waals surface area contributed by atoms with Crippen molar-refractivity contribution in [2.45, 2.75) is 6.92 Å². The molecule has 0 fully saturated rings. The molecule has 0 unspecified atom stereocenters. The Morgan fingerprint density at radius 2 is 2.11 bits per heavy atom. The Morgan fingerprint density at radius 1 is 1.33 bits per heavy atom. The summed E-state index contributed by atoms with van der Waals surface area (Å²) in [6, 6.07) is 7.31. The van der Waals surface area contributed by atoms with E-state index in [2.05, 4.69) is 4.98 Å². The van der Waals surface area contributed by atoms with Gasteiger partial charge in [0.25, 0.3) is 0 Å². The topological polar surface area (TPSA) is 59.4 Å². The lowest BCUT2D eigenvalue weighted by Gasteiger charge is -2.09. The second-order valence-electron chi connectivity index (χ2n) is 3.69. The zero-order valence-electron chi connectivity index (χ0n) is 9.55. The largest absolute Gasteiger partial charge is 0.476 e. The van der Waals surface area contributed by atoms with E-state index in [1.165, 1.54) is 30.5 Å². The van der Waals surface area contributed by atoms with Gasteiger partial charge in [-0.2, -0.15) is 0 Å². The molecule has 1 N–H and O–H groups in total. The van der Waals surface area contributed by atoms with Gasteiger partial charge in [-0.3, -0.25) is 0 Å². The maximum Gasteiger partial charge on any atom is 0.358 e. The summed E-state index contributed by atoms with van der Waals surface area (Å²) in [7, 11) is 0. The van der Waals surface area contributed by atoms with Crippen molar-refractivity contribution < 1.29 is 19.0 Å². The van der Waals surface area contributed by atoms with E-state index in [-0.39, 0.29) is 17.2 Å². The van der Waals surface area contributed by atoms with Crippen LogP contribution in [0.5, 0.6) is 11.5 Å². The molecule has 18 heavy (non-hydrogen) atoms. The Hall–Kier alpha value is -2.43. The van der Waals surface area contributed by atoms with Gasteiger partial charge in [0.05, 0.1) is 0 Å². The number of aromatic nitrogens is 1. The zero-order valence-corrected chi connectivity index (χ0v) is 9.55. The highest BCUT2D eigenvalue weighted by Gasteiger charge is 2.14. The van der Waals surface area contributed by atoms with Gasteiger partial charge in [-0.25, -0.2) is 14.2 Å². The minimum atomic E-state index is -1.22. The van der Waals surface area contributed by atoms with Crippen LogP contribution in [0.25, 0.3) is 0 Å². The van der Waals surface area contributed by atoms with Gasteiger partial charge in [0.1, 0.15) is 0 Å². The first-order valence-corrected chi connectivity index (χ1v) is 5.20. The van der Waals surface area contributed by atoms with Gasteiger partial charge in [0.2, 0.25) is 0 Å². The molecule has 92 valence electrons. The van der Waals surface area contributed by atoms with E-state index < -0.39 is 11.8 Å². The summed E-state index contributed by atoms with van der Waals surface area (Å²) in [5.41, 5.74) is 0.561. The molecule has 1 aromatic heterocycles. The Bertz CT molecular complexity index is 599. The molecule has 1 heterocycles. The van der Waals surface area contributed by atoms with Crippen molar-refractivity contribution in [3.63, 3.8) is 0 Å². The lowest BCUT2D eigenvalue weighted by atomic mass is 10.2. The van der Waals surface area contributed by atoms with Crippen molar-refractivity contribution in [3.8, 4) is 11.5 Å². The van der Waals surface area contributed by atoms with E-state index >= 15 is 0 Å². The summed E-state index contributed by atoms with van der Waals surface area (Å²) in [6.45, 7) is 1.79. The molecule has 0 radical (unpaired) electrons. The van der Waals surface area contributed by atoms with E-state index in [9.17, 15) is 9.18 Å². The third-order valence-corrected chi connectivity index (χ3v) is 2.28. The fourth-order valence-corrected chi connectivity index (χ4v) is 1.44. The number of carbonyl (C=O) groups is 1. The lowest BCUT2D eigenvalue weighted by Crippen LogP contribution is -2.03. The Kier molecular flexibility index (Phi) is 3.23. The number of benzene rings is 1. The highest BCUT2D eigenvalue weighted by Crippen LogP contribution is 2.27. The number of hydrogen-bond donors (Lipinski definition) is 1. The molecule has 0 bridgehead atoms. The van der Waals surface area contributed by atoms with Crippen molar-refractivity contribution in [3.05, 3.63) is 53.6 Å². The third kappa shape index (κ3) is 2.45. The number of rotatable bonds is 3. The number of aryl methyl sites for hydroxylation is 1. The van der Waals surface area contributed by atoms with Crippen LogP contribution in [0.15, 0.2) is 36.5 Å². The highest BCUT2D eigenvalue weighted by atomic mass is 19.1. The zero-order chi connectivity index (χ0) is 13.1. The molecule has 0 aliphatic rings. The van der Waals surface area contributed by atoms with Crippen LogP contribution in [0.1, 0.15) is 16.1 Å². The summed E-state index contributed by atoms with van der Waals surface area (Å²) in [6.07, 6.45) is 1.34. The maximum absolute atomic E-state index is 13.5. The summed E-state index contributed by atoms with van der Waals surface area (Å²) >= 11 is 0. The fraction of sp³-hybridized carbons (Fsp3) is 0.0769. The quantitative estimate of drug-likeness (QED) is 0.905. The summed E-state index contributed by atoms with van der Waals surface area (Å²) < 4.78 is 18.8. The van der Waals surface area contributed by atoms with Gasteiger partial charge in [0.15, 0.2) is 23.0 Å². The molecule has 2 rings (SSSR count). The first-order valence-electron chi connectivity index (χ1n) is 5.20. The molecule has 0 atom stereocenters. The Labute approximate surface area is 103 Å². The summed E-state index contributed by atoms with van der Waals surface area (Å²) in [4.78, 5) is 14.6. The van der Waals surface area contributed by atoms with Gasteiger partial charge < -0.3 is 9.84 Å². The Morgan fingerprint density at radius 3 is 2.83 bits per heavy atom. The molecular formula is C13H10FNO3. The van der Waals surface area contributed by atoms with Crippen LogP contribution in [0.3, 0.4) is 0 Å². The fourth-order valence-electron chi connectivity index (χ4n) is 1.44. The second-order valence-corrected chi connectivity index (χ2v) is 3.69. The third-order valence-electron chi connectivity index (χ3n) is 2.28. The predicted molar refractivity (Wildman–Crippen MR) is 62.4 cm³/mol. The van der Waals surface area contributed by atoms with Gasteiger partial charge in [-0.05, 0) is 36.8 Å². The molecule has 4 nitrogen and oxygen atoms in total. The number of halogens is 1. The van der Waals surface area contributed by atoms with Crippen LogP contribution >= 0.6 is 0 Å². The van der Waals surface area contributed by atoms with E-state index in [4.69, 9.17) is 9.84 Å². The summed E-state index contributed by atoms with van der Waals surface area (Å²) in [5, 5.41) is 8.93. The van der Waals surface area contributed by atoms with Crippen LogP contribution in [0.4, 0.5) is 4.39 Å². The minimum absolute atomic E-state index is 0.00880. The van der Waals surface area contributed by atoms with Gasteiger partial charge in [-0.15, -0.1) is 0 Å². The van der Waals surface area contributed by atoms with Crippen molar-refractivity contribution in [1.82, 2.24) is 4.98 Å². The average molecular weight is 247 g/mol. The van der Waals surface area contributed by atoms with E-state index in [1.807, 2.05) is 0 Å². The molecular weight excluding hydrogens is 237 g/mol. The molecule has 2 aromatic rings. The SMILES string of the molecule is Cc1ccc(F)c(Oc2cccnc2C(=O)O)c1. The molecule has 0 aliphatic carbocycles. The first kappa shape index (κ1) is 12.0. The second kappa shape index (κ2) is 4.83. The molecule has 0 amide bonds. The number of pyridine rings is 1. The number of nitrogens with zero attached hydrogens (tertiary/aromatic N) is 1. The van der Waals surface area contributed by atoms with Crippen LogP contribution < -0.4 is 4.74 Å². The minimum Gasteiger partial charge on any atom is -0.476 e. The van der Waals surface area contributed by atoms with Gasteiger partial charge >= 0.3 is 5.97 Å². The van der Waals surface area contributed by atoms with E-state index in [0.29, 0.717) is 0 Å². The van der Waals surface area contributed by atoms with Crippen LogP contribution in [0, 0.1) is 12.7 Å². The number of carboxylic acid groups (broad SMARTS) is 1. The average Bonchev–Trinajstić information content (AvgIpc) is 2.34. The number of ether oxygens (including phenoxy) is 1. The van der Waals surface area contributed by atoms with Gasteiger partial charge in [0, 0.05) is 6.20 Å². The Balaban J connectivity index is 2.40. The normalized spacial score (nSPS) is 10.1. The highest BCUT2D eigenvalue weighted by molar-refractivity contribution is 5.88. The first-order chi connectivity index (χ1) is 8.58. The van der Waals surface area contributed by atoms with Crippen LogP contribution in [-0.2, 0) is 0 Å². The van der Waals surface area contributed by atoms with Crippen LogP contribution in [-0.4, -0.2) is 16.1 Å². The molecule has 0 aliphatic heterocycles. The van der Waals surface area contributed by atoms with Crippen molar-refractivity contribution >= 4 is 5.97 Å². The van der Waals surface area contributed by atoms with Crippen molar-refractivity contribution in [2.75, 3.05) is 0 Å². The van der Waals surface area contributed by atoms with E-state index in [1.54, 1.807) is 13.0 Å². The van der Waals surface area contributed by atoms with Crippen LogP contribution in [0.2, 0.25) is 0 Å². The molecule has 1 aromatic carbocycles. The van der Waals surface area contributed by atoms with Crippen molar-refractivity contribution in [1.29, 1.82) is 0 Å². The molecule has 5 heteroatoms. The number of hydrogen-bond acceptors (Lipinski definition) is 3.